The minimum atomic E-state index is -1.02. The number of ether oxygens (including phenoxy) is 2. The summed E-state index contributed by atoms with van der Waals surface area (Å²) < 4.78 is 11.7. The minimum Gasteiger partial charge on any atom is -0.496 e. The van der Waals surface area contributed by atoms with E-state index in [1.807, 2.05) is 24.3 Å². The molecule has 1 aliphatic heterocycles. The summed E-state index contributed by atoms with van der Waals surface area (Å²) in [6.45, 7) is 2.40. The number of nitrogens with one attached hydrogen (secondary N) is 1. The number of aliphatic hydroxyl groups excluding tert-OH is 1. The van der Waals surface area contributed by atoms with Crippen molar-refractivity contribution in [3.63, 3.8) is 0 Å². The van der Waals surface area contributed by atoms with Gasteiger partial charge in [0.15, 0.2) is 0 Å². The lowest BCUT2D eigenvalue weighted by molar-refractivity contribution is 0.152. The number of rotatable bonds is 7. The Hall–Kier alpha value is -3.32. The molecule has 30 heavy (non-hydrogen) atoms. The third-order valence-electron chi connectivity index (χ3n) is 5.32. The first-order valence-corrected chi connectivity index (χ1v) is 10.0. The van der Waals surface area contributed by atoms with Gasteiger partial charge in [0.25, 0.3) is 0 Å². The van der Waals surface area contributed by atoms with Crippen LogP contribution in [0.2, 0.25) is 0 Å². The molecule has 2 N–H and O–H groups in total. The Bertz CT molecular complexity index is 985. The summed E-state index contributed by atoms with van der Waals surface area (Å²) in [6.07, 6.45) is 4.02. The molecule has 7 nitrogen and oxygen atoms in total. The monoisotopic (exact) mass is 406 g/mol. The highest BCUT2D eigenvalue weighted by Crippen LogP contribution is 2.34. The third kappa shape index (κ3) is 4.31. The second-order valence-corrected chi connectivity index (χ2v) is 7.35. The van der Waals surface area contributed by atoms with Crippen LogP contribution in [-0.4, -0.2) is 18.6 Å². The molecular formula is C23H26N4O3. The Kier molecular flexibility index (Phi) is 5.99. The molecule has 1 heterocycles. The van der Waals surface area contributed by atoms with Crippen LogP contribution in [0.15, 0.2) is 82.0 Å². The number of benzene rings is 2. The van der Waals surface area contributed by atoms with Gasteiger partial charge in [-0.15, -0.1) is 0 Å². The van der Waals surface area contributed by atoms with Gasteiger partial charge in [-0.3, -0.25) is 0 Å². The van der Waals surface area contributed by atoms with E-state index in [1.54, 1.807) is 7.11 Å². The smallest absolute Gasteiger partial charge is 0.243 e. The van der Waals surface area contributed by atoms with E-state index in [-0.39, 0.29) is 0 Å². The molecule has 0 radical (unpaired) electrons. The fourth-order valence-electron chi connectivity index (χ4n) is 3.79. The zero-order valence-electron chi connectivity index (χ0n) is 17.2. The van der Waals surface area contributed by atoms with E-state index in [4.69, 9.17) is 9.47 Å². The van der Waals surface area contributed by atoms with Gasteiger partial charge >= 0.3 is 0 Å². The van der Waals surface area contributed by atoms with Crippen LogP contribution in [0.25, 0.3) is 0 Å². The summed E-state index contributed by atoms with van der Waals surface area (Å²) >= 11 is 0. The third-order valence-corrected chi connectivity index (χ3v) is 5.32. The second kappa shape index (κ2) is 9.00. The summed E-state index contributed by atoms with van der Waals surface area (Å²) in [7, 11) is 1.62. The topological polar surface area (TPSA) is 78.7 Å². The van der Waals surface area contributed by atoms with Crippen molar-refractivity contribution in [3.05, 3.63) is 82.6 Å². The number of hydrogen-bond donors (Lipinski definition) is 2. The molecule has 0 amide bonds. The summed E-state index contributed by atoms with van der Waals surface area (Å²) in [5.41, 5.74) is 7.89. The molecule has 1 unspecified atom stereocenters. The largest absolute Gasteiger partial charge is 0.496 e. The number of hydrogen-bond acceptors (Lipinski definition) is 7. The normalized spacial score (nSPS) is 18.3. The molecule has 0 saturated heterocycles. The second-order valence-electron chi connectivity index (χ2n) is 7.35. The van der Waals surface area contributed by atoms with E-state index < -0.39 is 6.35 Å². The van der Waals surface area contributed by atoms with E-state index in [9.17, 15) is 5.11 Å². The molecule has 2 aromatic rings. The van der Waals surface area contributed by atoms with E-state index in [2.05, 4.69) is 53.1 Å². The van der Waals surface area contributed by atoms with Crippen molar-refractivity contribution >= 4 is 5.69 Å². The molecule has 4 rings (SSSR count). The maximum atomic E-state index is 10.1. The summed E-state index contributed by atoms with van der Waals surface area (Å²) in [4.78, 5) is 0. The molecule has 7 heteroatoms. The predicted molar refractivity (Wildman–Crippen MR) is 114 cm³/mol. The van der Waals surface area contributed by atoms with Gasteiger partial charge in [0.05, 0.1) is 24.1 Å². The molecule has 0 bridgehead atoms. The van der Waals surface area contributed by atoms with Crippen molar-refractivity contribution in [3.8, 4) is 5.75 Å². The lowest BCUT2D eigenvalue weighted by Gasteiger charge is -2.23. The molecule has 0 saturated carbocycles. The first kappa shape index (κ1) is 20.0. The molecule has 1 aliphatic carbocycles. The van der Waals surface area contributed by atoms with Gasteiger partial charge in [-0.2, -0.15) is 5.01 Å². The average Bonchev–Trinajstić information content (AvgIpc) is 3.19. The molecule has 2 aliphatic rings. The Morgan fingerprint density at radius 3 is 2.67 bits per heavy atom. The quantitative estimate of drug-likeness (QED) is 0.712. The Labute approximate surface area is 176 Å². The van der Waals surface area contributed by atoms with Crippen molar-refractivity contribution in [1.82, 2.24) is 5.43 Å². The highest BCUT2D eigenvalue weighted by molar-refractivity contribution is 5.59. The lowest BCUT2D eigenvalue weighted by Crippen LogP contribution is -2.35. The highest BCUT2D eigenvalue weighted by Gasteiger charge is 2.25. The van der Waals surface area contributed by atoms with Gasteiger partial charge in [-0.1, -0.05) is 53.3 Å². The maximum absolute atomic E-state index is 10.1. The molecule has 2 aromatic carbocycles. The van der Waals surface area contributed by atoms with E-state index in [0.717, 1.165) is 36.2 Å². The van der Waals surface area contributed by atoms with Crippen molar-refractivity contribution in [1.29, 1.82) is 0 Å². The van der Waals surface area contributed by atoms with E-state index >= 15 is 0 Å². The van der Waals surface area contributed by atoms with Crippen molar-refractivity contribution in [2.45, 2.75) is 39.1 Å². The van der Waals surface area contributed by atoms with Crippen molar-refractivity contribution in [2.75, 3.05) is 12.1 Å². The Balaban J connectivity index is 1.51. The summed E-state index contributed by atoms with van der Waals surface area (Å²) in [6, 6.07) is 16.1. The van der Waals surface area contributed by atoms with Crippen molar-refractivity contribution < 1.29 is 14.6 Å². The van der Waals surface area contributed by atoms with Gasteiger partial charge in [-0.25, -0.2) is 5.43 Å². The summed E-state index contributed by atoms with van der Waals surface area (Å²) in [5, 5.41) is 19.1. The lowest BCUT2D eigenvalue weighted by atomic mass is 9.93. The number of methoxy groups -OCH3 is 1. The molecular weight excluding hydrogens is 380 g/mol. The first-order chi connectivity index (χ1) is 14.7. The highest BCUT2D eigenvalue weighted by atomic mass is 16.5. The van der Waals surface area contributed by atoms with Gasteiger partial charge < -0.3 is 14.6 Å². The van der Waals surface area contributed by atoms with Crippen LogP contribution in [0.3, 0.4) is 0 Å². The van der Waals surface area contributed by atoms with Gasteiger partial charge in [0, 0.05) is 6.42 Å². The number of allylic oxidation sites excluding steroid dienone is 4. The van der Waals surface area contributed by atoms with Crippen LogP contribution in [0.5, 0.6) is 5.75 Å². The maximum Gasteiger partial charge on any atom is 0.243 e. The van der Waals surface area contributed by atoms with Crippen LogP contribution in [0.1, 0.15) is 30.9 Å². The van der Waals surface area contributed by atoms with Crippen LogP contribution in [0, 0.1) is 0 Å². The van der Waals surface area contributed by atoms with Crippen LogP contribution in [0.4, 0.5) is 5.69 Å². The van der Waals surface area contributed by atoms with E-state index in [0.29, 0.717) is 18.0 Å². The van der Waals surface area contributed by atoms with Gasteiger partial charge in [-0.05, 0) is 48.3 Å². The average molecular weight is 406 g/mol. The Morgan fingerprint density at radius 1 is 1.13 bits per heavy atom. The zero-order valence-corrected chi connectivity index (χ0v) is 17.2. The molecule has 0 aromatic heterocycles. The zero-order chi connectivity index (χ0) is 20.9. The molecule has 1 atom stereocenters. The Morgan fingerprint density at radius 2 is 1.97 bits per heavy atom. The standard InChI is InChI=1S/C23H26N4O3/c1-16-13-18(14-17-7-4-3-5-8-17)11-12-21(16)30-15-19-20(9-6-10-22(19)29-2)27-23(28)24-25-26-27/h3-10,13,23,28H,11-12,14-15H2,1-2H3,(H,24,26). The van der Waals surface area contributed by atoms with Crippen LogP contribution < -0.4 is 15.2 Å². The van der Waals surface area contributed by atoms with Gasteiger partial charge in [0.2, 0.25) is 6.35 Å². The summed E-state index contributed by atoms with van der Waals surface area (Å²) in [5.74, 6) is 1.65. The SMILES string of the molecule is COc1cccc(N2N=NNC2O)c1COC1=C(C)C=C(Cc2ccccc2)CC1. The number of nitrogens with zero attached hydrogens (tertiary/aromatic N) is 3. The molecule has 156 valence electrons. The van der Waals surface area contributed by atoms with E-state index in [1.165, 1.54) is 16.1 Å². The van der Waals surface area contributed by atoms with Gasteiger partial charge in [0.1, 0.15) is 12.4 Å². The fraction of sp³-hybridized carbons (Fsp3) is 0.304. The minimum absolute atomic E-state index is 0.312. The number of anilines is 1. The van der Waals surface area contributed by atoms with Crippen LogP contribution >= 0.6 is 0 Å². The fourth-order valence-corrected chi connectivity index (χ4v) is 3.79. The van der Waals surface area contributed by atoms with Crippen molar-refractivity contribution in [2.24, 2.45) is 10.4 Å². The van der Waals surface area contributed by atoms with Crippen LogP contribution in [-0.2, 0) is 17.8 Å². The molecule has 0 spiro atoms. The first-order valence-electron chi connectivity index (χ1n) is 10.0. The molecule has 0 fully saturated rings. The predicted octanol–water partition coefficient (Wildman–Crippen LogP) is 4.42. The number of aliphatic hydroxyl groups is 1.